The Morgan fingerprint density at radius 3 is 2.70 bits per heavy atom. The molecule has 6 nitrogen and oxygen atoms in total. The molecular formula is C14H20O6. The van der Waals surface area contributed by atoms with Gasteiger partial charge in [-0.3, -0.25) is 0 Å². The second kappa shape index (κ2) is 6.26. The van der Waals surface area contributed by atoms with Gasteiger partial charge in [-0.25, -0.2) is 4.79 Å². The standard InChI is InChI=1S/C14H20O6/c1-10-3-4-11(5-6-15)20-14(10,13(16)17-2)9-12-18-7-8-19-12/h6-8,10-12H,3-5,9H2,1-2H3/t10-,11?,14+/m0/s1. The molecule has 2 heterocycles. The second-order valence-corrected chi connectivity index (χ2v) is 5.18. The zero-order chi connectivity index (χ0) is 14.6. The summed E-state index contributed by atoms with van der Waals surface area (Å²) in [5.74, 6) is -0.481. The van der Waals surface area contributed by atoms with Crippen LogP contribution in [0.2, 0.25) is 0 Å². The van der Waals surface area contributed by atoms with E-state index in [-0.39, 0.29) is 24.9 Å². The largest absolute Gasteiger partial charge is 0.467 e. The zero-order valence-corrected chi connectivity index (χ0v) is 11.7. The number of esters is 1. The Balaban J connectivity index is 2.18. The predicted molar refractivity (Wildman–Crippen MR) is 68.4 cm³/mol. The molecule has 0 N–H and O–H groups in total. The van der Waals surface area contributed by atoms with E-state index >= 15 is 0 Å². The van der Waals surface area contributed by atoms with E-state index in [1.807, 2.05) is 6.92 Å². The van der Waals surface area contributed by atoms with Crippen molar-refractivity contribution in [2.75, 3.05) is 7.11 Å². The number of ether oxygens (including phenoxy) is 4. The maximum Gasteiger partial charge on any atom is 0.338 e. The minimum absolute atomic E-state index is 0.0364. The lowest BCUT2D eigenvalue weighted by molar-refractivity contribution is -0.216. The summed E-state index contributed by atoms with van der Waals surface area (Å²) in [4.78, 5) is 23.0. The van der Waals surface area contributed by atoms with Crippen LogP contribution in [-0.4, -0.2) is 37.4 Å². The number of methoxy groups -OCH3 is 1. The first-order chi connectivity index (χ1) is 9.62. The van der Waals surface area contributed by atoms with Crippen LogP contribution < -0.4 is 0 Å². The van der Waals surface area contributed by atoms with Crippen molar-refractivity contribution in [2.24, 2.45) is 5.92 Å². The molecule has 0 aromatic carbocycles. The molecule has 0 saturated carbocycles. The molecule has 2 aliphatic rings. The van der Waals surface area contributed by atoms with Gasteiger partial charge in [-0.1, -0.05) is 6.92 Å². The van der Waals surface area contributed by atoms with Crippen molar-refractivity contribution in [3.05, 3.63) is 12.5 Å². The first-order valence-electron chi connectivity index (χ1n) is 6.78. The molecule has 0 aromatic rings. The molecule has 0 amide bonds. The Bertz CT molecular complexity index is 385. The highest BCUT2D eigenvalue weighted by Gasteiger charge is 2.52. The Morgan fingerprint density at radius 1 is 1.40 bits per heavy atom. The molecule has 3 atom stereocenters. The smallest absolute Gasteiger partial charge is 0.338 e. The average Bonchev–Trinajstić information content (AvgIpc) is 2.94. The van der Waals surface area contributed by atoms with Crippen molar-refractivity contribution in [1.29, 1.82) is 0 Å². The van der Waals surface area contributed by atoms with E-state index in [0.717, 1.165) is 19.1 Å². The lowest BCUT2D eigenvalue weighted by atomic mass is 9.78. The molecule has 2 aliphatic heterocycles. The van der Waals surface area contributed by atoms with E-state index in [0.29, 0.717) is 0 Å². The summed E-state index contributed by atoms with van der Waals surface area (Å²) in [6, 6.07) is 0. The highest BCUT2D eigenvalue weighted by atomic mass is 16.7. The Labute approximate surface area is 118 Å². The number of hydrogen-bond donors (Lipinski definition) is 0. The first kappa shape index (κ1) is 14.8. The van der Waals surface area contributed by atoms with Gasteiger partial charge in [0.25, 0.3) is 0 Å². The van der Waals surface area contributed by atoms with Crippen LogP contribution in [-0.2, 0) is 28.5 Å². The third-order valence-corrected chi connectivity index (χ3v) is 3.97. The summed E-state index contributed by atoms with van der Waals surface area (Å²) in [6.07, 6.45) is 4.91. The zero-order valence-electron chi connectivity index (χ0n) is 11.7. The number of rotatable bonds is 5. The van der Waals surface area contributed by atoms with Gasteiger partial charge in [-0.05, 0) is 18.8 Å². The number of carbonyl (C=O) groups excluding carboxylic acids is 2. The van der Waals surface area contributed by atoms with Gasteiger partial charge >= 0.3 is 5.97 Å². The highest BCUT2D eigenvalue weighted by molar-refractivity contribution is 5.80. The van der Waals surface area contributed by atoms with Crippen LogP contribution in [0, 0.1) is 5.92 Å². The predicted octanol–water partition coefficient (Wildman–Crippen LogP) is 1.54. The lowest BCUT2D eigenvalue weighted by Gasteiger charge is -2.43. The summed E-state index contributed by atoms with van der Waals surface area (Å²) in [5.41, 5.74) is -1.13. The number of aldehydes is 1. The molecule has 0 radical (unpaired) electrons. The van der Waals surface area contributed by atoms with E-state index in [9.17, 15) is 9.59 Å². The van der Waals surface area contributed by atoms with Crippen LogP contribution in [0.15, 0.2) is 12.5 Å². The molecule has 1 unspecified atom stereocenters. The van der Waals surface area contributed by atoms with E-state index in [1.165, 1.54) is 19.6 Å². The van der Waals surface area contributed by atoms with Crippen molar-refractivity contribution >= 4 is 12.3 Å². The third kappa shape index (κ3) is 2.80. The van der Waals surface area contributed by atoms with Gasteiger partial charge < -0.3 is 23.7 Å². The summed E-state index contributed by atoms with van der Waals surface area (Å²) in [7, 11) is 1.33. The third-order valence-electron chi connectivity index (χ3n) is 3.97. The fraction of sp³-hybridized carbons (Fsp3) is 0.714. The van der Waals surface area contributed by atoms with Crippen molar-refractivity contribution in [2.45, 2.75) is 50.6 Å². The van der Waals surface area contributed by atoms with Gasteiger partial charge in [0.15, 0.2) is 5.60 Å². The Hall–Kier alpha value is -1.56. The minimum atomic E-state index is -1.13. The lowest BCUT2D eigenvalue weighted by Crippen LogP contribution is -2.55. The molecule has 1 fully saturated rings. The molecule has 112 valence electrons. The van der Waals surface area contributed by atoms with E-state index in [2.05, 4.69) is 0 Å². The number of carbonyl (C=O) groups is 2. The normalized spacial score (nSPS) is 33.3. The van der Waals surface area contributed by atoms with Gasteiger partial charge in [0.2, 0.25) is 6.29 Å². The number of hydrogen-bond acceptors (Lipinski definition) is 6. The molecule has 6 heteroatoms. The van der Waals surface area contributed by atoms with Crippen LogP contribution in [0.25, 0.3) is 0 Å². The van der Waals surface area contributed by atoms with E-state index in [4.69, 9.17) is 18.9 Å². The van der Waals surface area contributed by atoms with Crippen molar-refractivity contribution in [3.63, 3.8) is 0 Å². The summed E-state index contributed by atoms with van der Waals surface area (Å²) in [6.45, 7) is 1.94. The fourth-order valence-electron chi connectivity index (χ4n) is 2.78. The molecule has 0 bridgehead atoms. The molecule has 20 heavy (non-hydrogen) atoms. The summed E-state index contributed by atoms with van der Waals surface area (Å²) < 4.78 is 21.4. The molecule has 0 aliphatic carbocycles. The monoisotopic (exact) mass is 284 g/mol. The van der Waals surface area contributed by atoms with Crippen LogP contribution in [0.5, 0.6) is 0 Å². The van der Waals surface area contributed by atoms with Gasteiger partial charge in [0.05, 0.1) is 19.6 Å². The van der Waals surface area contributed by atoms with Crippen molar-refractivity contribution in [1.82, 2.24) is 0 Å². The van der Waals surface area contributed by atoms with Gasteiger partial charge in [-0.15, -0.1) is 0 Å². The highest BCUT2D eigenvalue weighted by Crippen LogP contribution is 2.40. The maximum atomic E-state index is 12.3. The minimum Gasteiger partial charge on any atom is -0.467 e. The van der Waals surface area contributed by atoms with Gasteiger partial charge in [0.1, 0.15) is 18.8 Å². The van der Waals surface area contributed by atoms with Crippen LogP contribution in [0.3, 0.4) is 0 Å². The molecule has 1 saturated heterocycles. The maximum absolute atomic E-state index is 12.3. The SMILES string of the molecule is COC(=O)[C@]1(CC2OC=CO2)OC(CC=O)CC[C@@H]1C. The van der Waals surface area contributed by atoms with Gasteiger partial charge in [-0.2, -0.15) is 0 Å². The van der Waals surface area contributed by atoms with Crippen molar-refractivity contribution in [3.8, 4) is 0 Å². The average molecular weight is 284 g/mol. The molecule has 0 spiro atoms. The van der Waals surface area contributed by atoms with E-state index < -0.39 is 17.9 Å². The molecular weight excluding hydrogens is 264 g/mol. The quantitative estimate of drug-likeness (QED) is 0.563. The Morgan fingerprint density at radius 2 is 2.10 bits per heavy atom. The molecule has 0 aromatic heterocycles. The van der Waals surface area contributed by atoms with Crippen LogP contribution in [0.1, 0.15) is 32.6 Å². The molecule has 2 rings (SSSR count). The van der Waals surface area contributed by atoms with Crippen LogP contribution in [0.4, 0.5) is 0 Å². The fourth-order valence-corrected chi connectivity index (χ4v) is 2.78. The van der Waals surface area contributed by atoms with Crippen LogP contribution >= 0.6 is 0 Å². The topological polar surface area (TPSA) is 71.1 Å². The summed E-state index contributed by atoms with van der Waals surface area (Å²) in [5, 5.41) is 0. The second-order valence-electron chi connectivity index (χ2n) is 5.18. The first-order valence-corrected chi connectivity index (χ1v) is 6.78. The summed E-state index contributed by atoms with van der Waals surface area (Å²) >= 11 is 0. The van der Waals surface area contributed by atoms with Gasteiger partial charge in [0, 0.05) is 6.42 Å². The Kier molecular flexibility index (Phi) is 4.65. The van der Waals surface area contributed by atoms with Crippen molar-refractivity contribution < 1.29 is 28.5 Å². The van der Waals surface area contributed by atoms with E-state index in [1.54, 1.807) is 0 Å².